The Morgan fingerprint density at radius 3 is 2.47 bits per heavy atom. The maximum Gasteiger partial charge on any atom is 0.408 e. The fourth-order valence-electron chi connectivity index (χ4n) is 7.25. The van der Waals surface area contributed by atoms with Gasteiger partial charge in [0.1, 0.15) is 24.4 Å². The Balaban J connectivity index is 1.23. The van der Waals surface area contributed by atoms with Crippen LogP contribution in [0.1, 0.15) is 67.2 Å². The third-order valence-corrected chi connectivity index (χ3v) is 10.1. The molecule has 0 aromatic heterocycles. The van der Waals surface area contributed by atoms with Gasteiger partial charge in [-0.05, 0) is 91.7 Å². The van der Waals surface area contributed by atoms with Gasteiger partial charge in [0.25, 0.3) is 0 Å². The van der Waals surface area contributed by atoms with Crippen LogP contribution >= 0.6 is 0 Å². The molecule has 10 heteroatoms. The van der Waals surface area contributed by atoms with Crippen LogP contribution in [0, 0.1) is 12.3 Å². The normalized spacial score (nSPS) is 24.5. The topological polar surface area (TPSA) is 126 Å². The van der Waals surface area contributed by atoms with Gasteiger partial charge in [0.05, 0.1) is 6.10 Å². The molecule has 3 heterocycles. The molecular weight excluding hydrogens is 620 g/mol. The predicted octanol–water partition coefficient (Wildman–Crippen LogP) is 4.97. The van der Waals surface area contributed by atoms with E-state index in [0.29, 0.717) is 25.9 Å². The molecule has 1 aliphatic carbocycles. The van der Waals surface area contributed by atoms with Crippen LogP contribution in [0.5, 0.6) is 5.75 Å². The third-order valence-electron chi connectivity index (χ3n) is 10.1. The molecule has 3 aromatic carbocycles. The van der Waals surface area contributed by atoms with Crippen molar-refractivity contribution in [1.82, 2.24) is 20.9 Å². The number of ether oxygens (including phenoxy) is 2. The number of hydrogen-bond donors (Lipinski definition) is 3. The van der Waals surface area contributed by atoms with Crippen molar-refractivity contribution in [3.63, 3.8) is 0 Å². The fourth-order valence-corrected chi connectivity index (χ4v) is 7.25. The maximum absolute atomic E-state index is 13.9. The Morgan fingerprint density at radius 2 is 1.71 bits per heavy atom. The number of amides is 4. The number of carbonyl (C=O) groups is 4. The number of rotatable bonds is 6. The molecule has 4 aliphatic rings. The van der Waals surface area contributed by atoms with Crippen LogP contribution in [-0.2, 0) is 38.7 Å². The van der Waals surface area contributed by atoms with Crippen LogP contribution < -0.4 is 20.7 Å². The van der Waals surface area contributed by atoms with E-state index in [1.165, 1.54) is 0 Å². The number of nitrogens with zero attached hydrogens (tertiary/aromatic N) is 1. The predicted molar refractivity (Wildman–Crippen MR) is 184 cm³/mol. The number of nitrogens with one attached hydrogen (secondary N) is 3. The van der Waals surface area contributed by atoms with Gasteiger partial charge in [-0.2, -0.15) is 0 Å². The molecule has 4 amide bonds. The Morgan fingerprint density at radius 1 is 0.980 bits per heavy atom. The summed E-state index contributed by atoms with van der Waals surface area (Å²) in [4.78, 5) is 56.0. The van der Waals surface area contributed by atoms with E-state index in [-0.39, 0.29) is 49.3 Å². The first kappa shape index (κ1) is 34.0. The number of carbonyl (C=O) groups excluding carboxylic acids is 4. The lowest BCUT2D eigenvalue weighted by Gasteiger charge is -2.52. The van der Waals surface area contributed by atoms with Gasteiger partial charge in [-0.1, -0.05) is 66.7 Å². The van der Waals surface area contributed by atoms with Gasteiger partial charge in [-0.3, -0.25) is 14.4 Å². The van der Waals surface area contributed by atoms with E-state index in [1.807, 2.05) is 90.7 Å². The third kappa shape index (κ3) is 8.99. The molecule has 7 rings (SSSR count). The summed E-state index contributed by atoms with van der Waals surface area (Å²) in [6.45, 7) is 3.62. The molecule has 0 unspecified atom stereocenters. The molecule has 3 aromatic rings. The maximum atomic E-state index is 13.9. The van der Waals surface area contributed by atoms with E-state index in [2.05, 4.69) is 16.0 Å². The van der Waals surface area contributed by atoms with Crippen molar-refractivity contribution in [2.75, 3.05) is 13.1 Å². The second kappa shape index (κ2) is 15.6. The van der Waals surface area contributed by atoms with Gasteiger partial charge < -0.3 is 30.3 Å². The minimum absolute atomic E-state index is 0.0310. The SMILES string of the molecule is Cc1ccc2cc1CNC(=O)[C@H](CCc1ccccc1)NC(=O)[C@@H](NC(=O)OCc1ccccc1)CCC(=O)N1CCCC3(CC(C3)O2)C1. The van der Waals surface area contributed by atoms with Gasteiger partial charge in [0, 0.05) is 26.1 Å². The van der Waals surface area contributed by atoms with Gasteiger partial charge in [-0.15, -0.1) is 0 Å². The fraction of sp³-hybridized carbons (Fsp3) is 0.436. The number of hydrogen-bond acceptors (Lipinski definition) is 6. The largest absolute Gasteiger partial charge is 0.490 e. The Bertz CT molecular complexity index is 1620. The van der Waals surface area contributed by atoms with Crippen LogP contribution in [0.4, 0.5) is 4.79 Å². The number of piperidine rings is 1. The first-order valence-corrected chi connectivity index (χ1v) is 17.4. The Hall–Kier alpha value is -4.86. The lowest BCUT2D eigenvalue weighted by Crippen LogP contribution is -2.55. The van der Waals surface area contributed by atoms with Crippen molar-refractivity contribution in [3.8, 4) is 5.75 Å². The molecule has 0 radical (unpaired) electrons. The van der Waals surface area contributed by atoms with Crippen LogP contribution in [0.15, 0.2) is 78.9 Å². The highest BCUT2D eigenvalue weighted by molar-refractivity contribution is 5.91. The minimum atomic E-state index is -1.08. The standard InChI is InChI=1S/C39H46N4O6/c1-27-13-15-31-21-30(27)24-40-36(45)33(16-14-28-9-4-2-5-10-28)41-37(46)34(42-38(47)48-25-29-11-6-3-7-12-29)17-18-35(44)43-20-8-19-39(26-43)22-32(23-39)49-31/h2-7,9-13,15,21,32-34H,8,14,16-20,22-26H2,1H3,(H,40,45)(H,41,46)(H,42,47)/t32?,33-,34-,39?/m0/s1. The highest BCUT2D eigenvalue weighted by atomic mass is 16.5. The zero-order valence-electron chi connectivity index (χ0n) is 28.1. The summed E-state index contributed by atoms with van der Waals surface area (Å²) in [5, 5.41) is 8.61. The van der Waals surface area contributed by atoms with Crippen molar-refractivity contribution >= 4 is 23.8 Å². The summed E-state index contributed by atoms with van der Waals surface area (Å²) < 4.78 is 11.8. The highest BCUT2D eigenvalue weighted by Gasteiger charge is 2.48. The van der Waals surface area contributed by atoms with Gasteiger partial charge in [0.15, 0.2) is 0 Å². The number of benzene rings is 3. The molecule has 49 heavy (non-hydrogen) atoms. The minimum Gasteiger partial charge on any atom is -0.490 e. The quantitative estimate of drug-likeness (QED) is 0.341. The molecule has 258 valence electrons. The lowest BCUT2D eigenvalue weighted by molar-refractivity contribution is -0.140. The molecule has 1 saturated carbocycles. The summed E-state index contributed by atoms with van der Waals surface area (Å²) >= 11 is 0. The molecule has 2 atom stereocenters. The first-order chi connectivity index (χ1) is 23.7. The van der Waals surface area contributed by atoms with E-state index in [9.17, 15) is 19.2 Å². The molecule has 1 spiro atoms. The van der Waals surface area contributed by atoms with Gasteiger partial charge in [-0.25, -0.2) is 4.79 Å². The van der Waals surface area contributed by atoms with E-state index in [0.717, 1.165) is 53.7 Å². The molecule has 1 saturated heterocycles. The van der Waals surface area contributed by atoms with E-state index in [4.69, 9.17) is 9.47 Å². The summed E-state index contributed by atoms with van der Waals surface area (Å²) in [6.07, 6.45) is 4.04. The van der Waals surface area contributed by atoms with Crippen molar-refractivity contribution in [3.05, 3.63) is 101 Å². The molecule has 3 aliphatic heterocycles. The second-order valence-corrected chi connectivity index (χ2v) is 13.8. The smallest absolute Gasteiger partial charge is 0.408 e. The first-order valence-electron chi connectivity index (χ1n) is 17.4. The van der Waals surface area contributed by atoms with Crippen LogP contribution in [0.3, 0.4) is 0 Å². The van der Waals surface area contributed by atoms with Crippen LogP contribution in [0.25, 0.3) is 0 Å². The number of aryl methyl sites for hydroxylation is 2. The van der Waals surface area contributed by atoms with E-state index in [1.54, 1.807) is 0 Å². The Labute approximate surface area is 287 Å². The number of fused-ring (bicyclic) bond motifs is 9. The van der Waals surface area contributed by atoms with Gasteiger partial charge >= 0.3 is 6.09 Å². The molecule has 5 bridgehead atoms. The summed E-state index contributed by atoms with van der Waals surface area (Å²) in [7, 11) is 0. The van der Waals surface area contributed by atoms with Crippen molar-refractivity contribution < 1.29 is 28.7 Å². The molecular formula is C39H46N4O6. The monoisotopic (exact) mass is 666 g/mol. The van der Waals surface area contributed by atoms with E-state index < -0.39 is 24.1 Å². The summed E-state index contributed by atoms with van der Waals surface area (Å²) in [5.74, 6) is -0.173. The highest BCUT2D eigenvalue weighted by Crippen LogP contribution is 2.49. The van der Waals surface area contributed by atoms with Crippen molar-refractivity contribution in [1.29, 1.82) is 0 Å². The Kier molecular flexibility index (Phi) is 10.8. The molecule has 2 fully saturated rings. The lowest BCUT2D eigenvalue weighted by atomic mass is 9.62. The van der Waals surface area contributed by atoms with Gasteiger partial charge in [0.2, 0.25) is 17.7 Å². The van der Waals surface area contributed by atoms with Crippen molar-refractivity contribution in [2.45, 2.75) is 89.6 Å². The summed E-state index contributed by atoms with van der Waals surface area (Å²) in [6, 6.07) is 23.0. The molecule has 10 nitrogen and oxygen atoms in total. The summed E-state index contributed by atoms with van der Waals surface area (Å²) in [5.41, 5.74) is 3.82. The molecule has 3 N–H and O–H groups in total. The second-order valence-electron chi connectivity index (χ2n) is 13.8. The zero-order valence-corrected chi connectivity index (χ0v) is 28.1. The van der Waals surface area contributed by atoms with Crippen LogP contribution in [-0.4, -0.2) is 60.0 Å². The zero-order chi connectivity index (χ0) is 34.2. The average Bonchev–Trinajstić information content (AvgIpc) is 3.10. The number of alkyl carbamates (subject to hydrolysis) is 1. The average molecular weight is 667 g/mol. The van der Waals surface area contributed by atoms with E-state index >= 15 is 0 Å². The van der Waals surface area contributed by atoms with Crippen molar-refractivity contribution in [2.24, 2.45) is 5.41 Å². The van der Waals surface area contributed by atoms with Crippen LogP contribution in [0.2, 0.25) is 0 Å².